The number of ketones is 1. The summed E-state index contributed by atoms with van der Waals surface area (Å²) in [5, 5.41) is 10.1. The van der Waals surface area contributed by atoms with Crippen LogP contribution in [0.1, 0.15) is 22.3 Å². The van der Waals surface area contributed by atoms with Gasteiger partial charge in [0.15, 0.2) is 5.78 Å². The summed E-state index contributed by atoms with van der Waals surface area (Å²) < 4.78 is 15.4. The van der Waals surface area contributed by atoms with Crippen LogP contribution < -0.4 is 14.2 Å². The molecule has 2 aromatic rings. The number of Topliss-reactive ketones (excluding diaryl/α,β-unsaturated/α-hetero) is 1. The first-order chi connectivity index (χ1) is 11.1. The zero-order valence-corrected chi connectivity index (χ0v) is 13.5. The van der Waals surface area contributed by atoms with E-state index in [-0.39, 0.29) is 18.0 Å². The van der Waals surface area contributed by atoms with Crippen LogP contribution in [-0.4, -0.2) is 32.2 Å². The number of methoxy groups -OCH3 is 3. The largest absolute Gasteiger partial charge is 0.507 e. The highest BCUT2D eigenvalue weighted by Gasteiger charge is 2.14. The number of rotatable bonds is 7. The average molecular weight is 316 g/mol. The molecule has 0 amide bonds. The SMILES string of the molecule is COc1ccc(C(=O)CCc2c(O)cc(OC)cc2OC)cc1. The summed E-state index contributed by atoms with van der Waals surface area (Å²) in [6, 6.07) is 10.2. The smallest absolute Gasteiger partial charge is 0.163 e. The van der Waals surface area contributed by atoms with Crippen molar-refractivity contribution in [2.75, 3.05) is 21.3 Å². The van der Waals surface area contributed by atoms with E-state index in [9.17, 15) is 9.90 Å². The molecule has 0 saturated heterocycles. The molecule has 0 aliphatic carbocycles. The first-order valence-electron chi connectivity index (χ1n) is 7.20. The molecule has 5 nitrogen and oxygen atoms in total. The van der Waals surface area contributed by atoms with Gasteiger partial charge < -0.3 is 19.3 Å². The third kappa shape index (κ3) is 3.94. The fraction of sp³-hybridized carbons (Fsp3) is 0.278. The molecule has 0 aliphatic heterocycles. The van der Waals surface area contributed by atoms with Gasteiger partial charge in [-0.1, -0.05) is 0 Å². The number of aromatic hydroxyl groups is 1. The van der Waals surface area contributed by atoms with E-state index in [1.165, 1.54) is 20.3 Å². The maximum absolute atomic E-state index is 12.3. The van der Waals surface area contributed by atoms with E-state index >= 15 is 0 Å². The average Bonchev–Trinajstić information content (AvgIpc) is 2.59. The molecule has 0 bridgehead atoms. The molecule has 2 aromatic carbocycles. The summed E-state index contributed by atoms with van der Waals surface area (Å²) in [4.78, 5) is 12.3. The second kappa shape index (κ2) is 7.54. The highest BCUT2D eigenvalue weighted by molar-refractivity contribution is 5.96. The molecule has 0 fully saturated rings. The fourth-order valence-corrected chi connectivity index (χ4v) is 2.32. The molecule has 5 heteroatoms. The van der Waals surface area contributed by atoms with E-state index in [0.29, 0.717) is 34.8 Å². The Morgan fingerprint density at radius 2 is 1.61 bits per heavy atom. The van der Waals surface area contributed by atoms with Crippen LogP contribution in [0.15, 0.2) is 36.4 Å². The van der Waals surface area contributed by atoms with E-state index in [0.717, 1.165) is 0 Å². The number of hydrogen-bond acceptors (Lipinski definition) is 5. The number of phenols is 1. The van der Waals surface area contributed by atoms with Crippen molar-refractivity contribution in [3.63, 3.8) is 0 Å². The highest BCUT2D eigenvalue weighted by Crippen LogP contribution is 2.34. The van der Waals surface area contributed by atoms with Crippen LogP contribution in [0.3, 0.4) is 0 Å². The number of carbonyl (C=O) groups excluding carboxylic acids is 1. The van der Waals surface area contributed by atoms with Crippen LogP contribution >= 0.6 is 0 Å². The van der Waals surface area contributed by atoms with Gasteiger partial charge in [0.25, 0.3) is 0 Å². The van der Waals surface area contributed by atoms with Crippen molar-refractivity contribution in [3.05, 3.63) is 47.5 Å². The van der Waals surface area contributed by atoms with Crippen LogP contribution in [0.5, 0.6) is 23.0 Å². The monoisotopic (exact) mass is 316 g/mol. The van der Waals surface area contributed by atoms with Crippen molar-refractivity contribution in [2.24, 2.45) is 0 Å². The van der Waals surface area contributed by atoms with Gasteiger partial charge in [0.1, 0.15) is 23.0 Å². The van der Waals surface area contributed by atoms with E-state index in [2.05, 4.69) is 0 Å². The second-order valence-electron chi connectivity index (χ2n) is 4.98. The number of phenolic OH excluding ortho intramolecular Hbond substituents is 1. The summed E-state index contributed by atoms with van der Waals surface area (Å²) in [6.45, 7) is 0. The van der Waals surface area contributed by atoms with Crippen molar-refractivity contribution >= 4 is 5.78 Å². The van der Waals surface area contributed by atoms with E-state index in [1.807, 2.05) is 0 Å². The van der Waals surface area contributed by atoms with Gasteiger partial charge in [0.2, 0.25) is 0 Å². The lowest BCUT2D eigenvalue weighted by Crippen LogP contribution is -2.03. The van der Waals surface area contributed by atoms with E-state index < -0.39 is 0 Å². The molecule has 0 aliphatic rings. The highest BCUT2D eigenvalue weighted by atomic mass is 16.5. The predicted octanol–water partition coefficient (Wildman–Crippen LogP) is 3.23. The van der Waals surface area contributed by atoms with Gasteiger partial charge in [-0.3, -0.25) is 4.79 Å². The molecule has 1 N–H and O–H groups in total. The molecule has 122 valence electrons. The molecule has 23 heavy (non-hydrogen) atoms. The van der Waals surface area contributed by atoms with Gasteiger partial charge >= 0.3 is 0 Å². The van der Waals surface area contributed by atoms with Crippen molar-refractivity contribution in [3.8, 4) is 23.0 Å². The van der Waals surface area contributed by atoms with Gasteiger partial charge in [0, 0.05) is 29.7 Å². The predicted molar refractivity (Wildman–Crippen MR) is 86.9 cm³/mol. The molecule has 0 heterocycles. The summed E-state index contributed by atoms with van der Waals surface area (Å²) in [5.41, 5.74) is 1.20. The summed E-state index contributed by atoms with van der Waals surface area (Å²) in [5.74, 6) is 1.76. The molecule has 0 atom stereocenters. The topological polar surface area (TPSA) is 65.0 Å². The van der Waals surface area contributed by atoms with E-state index in [4.69, 9.17) is 14.2 Å². The third-order valence-corrected chi connectivity index (χ3v) is 3.63. The van der Waals surface area contributed by atoms with Crippen LogP contribution in [-0.2, 0) is 6.42 Å². The first-order valence-corrected chi connectivity index (χ1v) is 7.20. The Morgan fingerprint density at radius 1 is 0.957 bits per heavy atom. The Kier molecular flexibility index (Phi) is 5.46. The van der Waals surface area contributed by atoms with Crippen molar-refractivity contribution < 1.29 is 24.1 Å². The quantitative estimate of drug-likeness (QED) is 0.794. The minimum Gasteiger partial charge on any atom is -0.507 e. The first kappa shape index (κ1) is 16.7. The number of ether oxygens (including phenoxy) is 3. The Balaban J connectivity index is 2.11. The summed E-state index contributed by atoms with van der Waals surface area (Å²) in [7, 11) is 4.61. The minimum absolute atomic E-state index is 0.00933. The second-order valence-corrected chi connectivity index (χ2v) is 4.98. The van der Waals surface area contributed by atoms with Crippen molar-refractivity contribution in [1.29, 1.82) is 0 Å². The number of benzene rings is 2. The van der Waals surface area contributed by atoms with Crippen LogP contribution in [0.2, 0.25) is 0 Å². The Labute approximate surface area is 135 Å². The lowest BCUT2D eigenvalue weighted by atomic mass is 10.0. The molecule has 0 radical (unpaired) electrons. The third-order valence-electron chi connectivity index (χ3n) is 3.63. The normalized spacial score (nSPS) is 10.2. The summed E-state index contributed by atoms with van der Waals surface area (Å²) in [6.07, 6.45) is 0.645. The molecule has 0 aromatic heterocycles. The number of carbonyl (C=O) groups is 1. The van der Waals surface area contributed by atoms with Gasteiger partial charge in [-0.2, -0.15) is 0 Å². The zero-order chi connectivity index (χ0) is 16.8. The van der Waals surface area contributed by atoms with Crippen molar-refractivity contribution in [1.82, 2.24) is 0 Å². The molecular weight excluding hydrogens is 296 g/mol. The standard InChI is InChI=1S/C18H20O5/c1-21-13-6-4-12(5-7-13)16(19)9-8-15-17(20)10-14(22-2)11-18(15)23-3/h4-7,10-11,20H,8-9H2,1-3H3. The lowest BCUT2D eigenvalue weighted by Gasteiger charge is -2.12. The van der Waals surface area contributed by atoms with E-state index in [1.54, 1.807) is 37.4 Å². The van der Waals surface area contributed by atoms with Gasteiger partial charge in [0.05, 0.1) is 21.3 Å². The Hall–Kier alpha value is -2.69. The molecule has 0 unspecified atom stereocenters. The summed E-state index contributed by atoms with van der Waals surface area (Å²) >= 11 is 0. The Morgan fingerprint density at radius 3 is 2.17 bits per heavy atom. The zero-order valence-electron chi connectivity index (χ0n) is 13.5. The van der Waals surface area contributed by atoms with Gasteiger partial charge in [-0.15, -0.1) is 0 Å². The molecule has 2 rings (SSSR count). The van der Waals surface area contributed by atoms with Gasteiger partial charge in [-0.25, -0.2) is 0 Å². The maximum atomic E-state index is 12.3. The maximum Gasteiger partial charge on any atom is 0.163 e. The minimum atomic E-state index is -0.00933. The molecule has 0 spiro atoms. The molecule has 0 saturated carbocycles. The lowest BCUT2D eigenvalue weighted by molar-refractivity contribution is 0.0982. The van der Waals surface area contributed by atoms with Crippen LogP contribution in [0.25, 0.3) is 0 Å². The van der Waals surface area contributed by atoms with Gasteiger partial charge in [-0.05, 0) is 30.7 Å². The van der Waals surface area contributed by atoms with Crippen LogP contribution in [0, 0.1) is 0 Å². The number of hydrogen-bond donors (Lipinski definition) is 1. The van der Waals surface area contributed by atoms with Crippen molar-refractivity contribution in [2.45, 2.75) is 12.8 Å². The molecular formula is C18H20O5. The fourth-order valence-electron chi connectivity index (χ4n) is 2.32. The Bertz CT molecular complexity index is 677. The van der Waals surface area contributed by atoms with Crippen LogP contribution in [0.4, 0.5) is 0 Å².